The first-order chi connectivity index (χ1) is 22.7. The van der Waals surface area contributed by atoms with Crippen LogP contribution in [0.5, 0.6) is 0 Å². The molecule has 0 atom stereocenters. The van der Waals surface area contributed by atoms with Gasteiger partial charge >= 0.3 is 0 Å². The van der Waals surface area contributed by atoms with Crippen LogP contribution in [0.2, 0.25) is 0 Å². The van der Waals surface area contributed by atoms with E-state index in [1.54, 1.807) is 12.4 Å². The van der Waals surface area contributed by atoms with Gasteiger partial charge in [-0.2, -0.15) is 5.26 Å². The Morgan fingerprint density at radius 3 is 1.72 bits per heavy atom. The molecule has 4 nitrogen and oxygen atoms in total. The molecule has 0 aliphatic carbocycles. The quantitative estimate of drug-likeness (QED) is 0.201. The Bertz CT molecular complexity index is 2350. The Labute approximate surface area is 266 Å². The molecule has 0 radical (unpaired) electrons. The van der Waals surface area contributed by atoms with Crippen molar-refractivity contribution in [2.75, 3.05) is 0 Å². The SMILES string of the molecule is N#Cc1ccc(-c2ccc3ccc(-c4ccc5ccccc5c4-c4cc(-c5ccccn5)nc(-c5ccccn5)c4)cc3c2)cc1. The third-order valence-electron chi connectivity index (χ3n) is 8.40. The molecule has 3 heterocycles. The highest BCUT2D eigenvalue weighted by atomic mass is 14.8. The maximum Gasteiger partial charge on any atom is 0.0991 e. The van der Waals surface area contributed by atoms with Crippen LogP contribution < -0.4 is 0 Å². The third-order valence-corrected chi connectivity index (χ3v) is 8.40. The summed E-state index contributed by atoms with van der Waals surface area (Å²) >= 11 is 0. The standard InChI is InChI=1S/C42H26N4/c43-27-28-11-13-29(14-12-28)32-17-15-30-16-18-33(24-34(30)23-32)37-20-19-31-7-1-2-8-36(31)42(37)35-25-40(38-9-3-5-21-44-38)46-41(26-35)39-10-4-6-22-45-39/h1-26H. The van der Waals surface area contributed by atoms with Crippen LogP contribution in [0.3, 0.4) is 0 Å². The van der Waals surface area contributed by atoms with Crippen LogP contribution in [0, 0.1) is 11.3 Å². The highest BCUT2D eigenvalue weighted by Crippen LogP contribution is 2.41. The monoisotopic (exact) mass is 586 g/mol. The van der Waals surface area contributed by atoms with Crippen molar-refractivity contribution in [3.05, 3.63) is 164 Å². The van der Waals surface area contributed by atoms with Gasteiger partial charge in [0.25, 0.3) is 0 Å². The number of hydrogen-bond acceptors (Lipinski definition) is 4. The summed E-state index contributed by atoms with van der Waals surface area (Å²) < 4.78 is 0. The van der Waals surface area contributed by atoms with Gasteiger partial charge in [0.2, 0.25) is 0 Å². The molecule has 0 unspecified atom stereocenters. The van der Waals surface area contributed by atoms with Crippen LogP contribution in [0.15, 0.2) is 158 Å². The number of aromatic nitrogens is 3. The predicted molar refractivity (Wildman–Crippen MR) is 187 cm³/mol. The van der Waals surface area contributed by atoms with Gasteiger partial charge in [-0.3, -0.25) is 9.97 Å². The lowest BCUT2D eigenvalue weighted by atomic mass is 9.88. The van der Waals surface area contributed by atoms with E-state index in [0.29, 0.717) is 5.56 Å². The molecule has 0 N–H and O–H groups in total. The molecule has 0 amide bonds. The van der Waals surface area contributed by atoms with Crippen molar-refractivity contribution >= 4 is 21.5 Å². The molecule has 46 heavy (non-hydrogen) atoms. The second-order valence-electron chi connectivity index (χ2n) is 11.2. The van der Waals surface area contributed by atoms with E-state index >= 15 is 0 Å². The van der Waals surface area contributed by atoms with Crippen molar-refractivity contribution in [1.29, 1.82) is 5.26 Å². The van der Waals surface area contributed by atoms with Crippen LogP contribution >= 0.6 is 0 Å². The first-order valence-corrected chi connectivity index (χ1v) is 15.2. The summed E-state index contributed by atoms with van der Waals surface area (Å²) in [5.41, 5.74) is 10.5. The highest BCUT2D eigenvalue weighted by molar-refractivity contribution is 6.06. The van der Waals surface area contributed by atoms with Crippen LogP contribution in [0.4, 0.5) is 0 Å². The normalized spacial score (nSPS) is 11.0. The Kier molecular flexibility index (Phi) is 6.83. The number of pyridine rings is 3. The zero-order valence-corrected chi connectivity index (χ0v) is 24.8. The first-order valence-electron chi connectivity index (χ1n) is 15.2. The van der Waals surface area contributed by atoms with E-state index in [1.807, 2.05) is 60.7 Å². The van der Waals surface area contributed by atoms with Crippen LogP contribution in [0.1, 0.15) is 5.56 Å². The third kappa shape index (κ3) is 5.06. The van der Waals surface area contributed by atoms with Gasteiger partial charge in [-0.05, 0) is 116 Å². The van der Waals surface area contributed by atoms with E-state index in [0.717, 1.165) is 66.9 Å². The van der Waals surface area contributed by atoms with Gasteiger partial charge in [-0.1, -0.05) is 84.9 Å². The van der Waals surface area contributed by atoms with Gasteiger partial charge in [0.15, 0.2) is 0 Å². The lowest BCUT2D eigenvalue weighted by Crippen LogP contribution is -1.95. The molecule has 0 saturated carbocycles. The Morgan fingerprint density at radius 1 is 0.435 bits per heavy atom. The molecular weight excluding hydrogens is 560 g/mol. The molecular formula is C42H26N4. The number of fused-ring (bicyclic) bond motifs is 2. The molecule has 0 aliphatic heterocycles. The van der Waals surface area contributed by atoms with Gasteiger partial charge in [-0.25, -0.2) is 4.98 Å². The number of hydrogen-bond donors (Lipinski definition) is 0. The van der Waals surface area contributed by atoms with Crippen LogP contribution in [0.25, 0.3) is 77.7 Å². The van der Waals surface area contributed by atoms with Gasteiger partial charge in [0.05, 0.1) is 34.4 Å². The van der Waals surface area contributed by atoms with E-state index in [-0.39, 0.29) is 0 Å². The number of rotatable bonds is 5. The largest absolute Gasteiger partial charge is 0.255 e. The van der Waals surface area contributed by atoms with E-state index < -0.39 is 0 Å². The molecule has 0 fully saturated rings. The van der Waals surface area contributed by atoms with E-state index in [9.17, 15) is 5.26 Å². The van der Waals surface area contributed by atoms with Crippen molar-refractivity contribution in [2.24, 2.45) is 0 Å². The maximum atomic E-state index is 9.24. The zero-order valence-electron chi connectivity index (χ0n) is 24.8. The van der Waals surface area contributed by atoms with Crippen molar-refractivity contribution < 1.29 is 0 Å². The minimum Gasteiger partial charge on any atom is -0.255 e. The predicted octanol–water partition coefficient (Wildman–Crippen LogP) is 10.4. The highest BCUT2D eigenvalue weighted by Gasteiger charge is 2.17. The maximum absolute atomic E-state index is 9.24. The van der Waals surface area contributed by atoms with E-state index in [4.69, 9.17) is 4.98 Å². The second-order valence-corrected chi connectivity index (χ2v) is 11.2. The molecule has 0 spiro atoms. The summed E-state index contributed by atoms with van der Waals surface area (Å²) in [4.78, 5) is 14.3. The van der Waals surface area contributed by atoms with Gasteiger partial charge in [-0.15, -0.1) is 0 Å². The van der Waals surface area contributed by atoms with E-state index in [1.165, 1.54) is 10.8 Å². The average molecular weight is 587 g/mol. The smallest absolute Gasteiger partial charge is 0.0991 e. The van der Waals surface area contributed by atoms with Gasteiger partial charge in [0.1, 0.15) is 0 Å². The first kappa shape index (κ1) is 27.1. The summed E-state index contributed by atoms with van der Waals surface area (Å²) in [5.74, 6) is 0. The van der Waals surface area contributed by atoms with Gasteiger partial charge < -0.3 is 0 Å². The van der Waals surface area contributed by atoms with Gasteiger partial charge in [0, 0.05) is 12.4 Å². The Balaban J connectivity index is 1.35. The fourth-order valence-corrected chi connectivity index (χ4v) is 6.12. The van der Waals surface area contributed by atoms with Crippen molar-refractivity contribution in [2.45, 2.75) is 0 Å². The Hall–Kier alpha value is -6.44. The second kappa shape index (κ2) is 11.6. The molecule has 5 aromatic carbocycles. The summed E-state index contributed by atoms with van der Waals surface area (Å²) in [6, 6.07) is 52.2. The number of nitrogens with zero attached hydrogens (tertiary/aromatic N) is 4. The number of benzene rings is 5. The van der Waals surface area contributed by atoms with Crippen LogP contribution in [-0.4, -0.2) is 15.0 Å². The molecule has 3 aromatic heterocycles. The molecule has 8 rings (SSSR count). The lowest BCUT2D eigenvalue weighted by Gasteiger charge is -2.17. The zero-order chi connectivity index (χ0) is 30.9. The van der Waals surface area contributed by atoms with Crippen molar-refractivity contribution in [3.8, 4) is 62.2 Å². The molecule has 4 heteroatoms. The summed E-state index contributed by atoms with van der Waals surface area (Å²) in [6.45, 7) is 0. The summed E-state index contributed by atoms with van der Waals surface area (Å²) in [6.07, 6.45) is 3.60. The minimum absolute atomic E-state index is 0.657. The minimum atomic E-state index is 0.657. The molecule has 8 aromatic rings. The lowest BCUT2D eigenvalue weighted by molar-refractivity contribution is 1.22. The van der Waals surface area contributed by atoms with E-state index in [2.05, 4.69) is 101 Å². The molecule has 0 aliphatic rings. The van der Waals surface area contributed by atoms with Crippen molar-refractivity contribution in [1.82, 2.24) is 15.0 Å². The Morgan fingerprint density at radius 2 is 1.04 bits per heavy atom. The molecule has 214 valence electrons. The summed E-state index contributed by atoms with van der Waals surface area (Å²) in [7, 11) is 0. The average Bonchev–Trinajstić information content (AvgIpc) is 3.14. The molecule has 0 saturated heterocycles. The topological polar surface area (TPSA) is 62.5 Å². The molecule has 0 bridgehead atoms. The fraction of sp³-hybridized carbons (Fsp3) is 0. The number of nitriles is 1. The summed E-state index contributed by atoms with van der Waals surface area (Å²) in [5, 5.41) is 13.9. The fourth-order valence-electron chi connectivity index (χ4n) is 6.12. The van der Waals surface area contributed by atoms with Crippen molar-refractivity contribution in [3.63, 3.8) is 0 Å². The van der Waals surface area contributed by atoms with Crippen LogP contribution in [-0.2, 0) is 0 Å².